The molecule has 0 aliphatic rings. The van der Waals surface area contributed by atoms with E-state index in [1.807, 2.05) is 6.07 Å². The quantitative estimate of drug-likeness (QED) is 0.350. The third kappa shape index (κ3) is 5.63. The lowest BCUT2D eigenvalue weighted by molar-refractivity contribution is -0.137. The van der Waals surface area contributed by atoms with Crippen molar-refractivity contribution in [1.29, 1.82) is 0 Å². The van der Waals surface area contributed by atoms with Crippen LogP contribution in [0.2, 0.25) is 0 Å². The average molecular weight is 493 g/mol. The average Bonchev–Trinajstić information content (AvgIpc) is 3.12. The topological polar surface area (TPSA) is 76.0 Å². The molecule has 0 atom stereocenters. The molecule has 4 aromatic rings. The summed E-state index contributed by atoms with van der Waals surface area (Å²) in [4.78, 5) is 25.2. The van der Waals surface area contributed by atoms with Crippen molar-refractivity contribution in [1.82, 2.24) is 9.78 Å². The van der Waals surface area contributed by atoms with Crippen LogP contribution in [0.4, 0.5) is 24.5 Å². The lowest BCUT2D eigenvalue weighted by Crippen LogP contribution is -2.16. The number of aromatic nitrogens is 2. The molecule has 4 rings (SSSR count). The second-order valence-corrected chi connectivity index (χ2v) is 8.24. The molecular weight excluding hydrogens is 469 g/mol. The van der Waals surface area contributed by atoms with E-state index in [-0.39, 0.29) is 23.9 Å². The molecule has 0 saturated carbocycles. The summed E-state index contributed by atoms with van der Waals surface area (Å²) in [6.45, 7) is 3.42. The Bertz CT molecular complexity index is 1410. The number of nitrogens with zero attached hydrogens (tertiary/aromatic N) is 2. The standard InChI is InChI=1S/C27H23F3N4O2/c1-17-24(18(2)34(33-17)23-13-6-10-20(14-23)27(28,29)30)16-25(35)31-21-11-7-12-22(15-21)32-26(36)19-8-4-3-5-9-19/h3-15H,16H2,1-2H3,(H,31,35)(H,32,36). The van der Waals surface area contributed by atoms with Crippen molar-refractivity contribution in [3.05, 3.63) is 107 Å². The van der Waals surface area contributed by atoms with E-state index in [9.17, 15) is 22.8 Å². The number of aryl methyl sites for hydroxylation is 1. The first-order chi connectivity index (χ1) is 17.1. The minimum Gasteiger partial charge on any atom is -0.326 e. The molecule has 0 spiro atoms. The highest BCUT2D eigenvalue weighted by Gasteiger charge is 2.30. The van der Waals surface area contributed by atoms with Crippen molar-refractivity contribution in [2.45, 2.75) is 26.4 Å². The fourth-order valence-corrected chi connectivity index (χ4v) is 3.83. The molecule has 0 unspecified atom stereocenters. The maximum absolute atomic E-state index is 13.1. The van der Waals surface area contributed by atoms with Crippen LogP contribution in [0.15, 0.2) is 78.9 Å². The molecule has 2 N–H and O–H groups in total. The van der Waals surface area contributed by atoms with Gasteiger partial charge in [-0.3, -0.25) is 9.59 Å². The van der Waals surface area contributed by atoms with Crippen molar-refractivity contribution < 1.29 is 22.8 Å². The maximum Gasteiger partial charge on any atom is 0.416 e. The van der Waals surface area contributed by atoms with Gasteiger partial charge in [0.1, 0.15) is 0 Å². The molecule has 9 heteroatoms. The molecule has 0 fully saturated rings. The second-order valence-electron chi connectivity index (χ2n) is 8.24. The van der Waals surface area contributed by atoms with Gasteiger partial charge in [0, 0.05) is 28.2 Å². The van der Waals surface area contributed by atoms with Gasteiger partial charge in [-0.25, -0.2) is 4.68 Å². The van der Waals surface area contributed by atoms with Crippen LogP contribution < -0.4 is 10.6 Å². The van der Waals surface area contributed by atoms with Gasteiger partial charge >= 0.3 is 6.18 Å². The summed E-state index contributed by atoms with van der Waals surface area (Å²) >= 11 is 0. The minimum absolute atomic E-state index is 0.0166. The molecule has 0 bridgehead atoms. The fourth-order valence-electron chi connectivity index (χ4n) is 3.83. The Morgan fingerprint density at radius 1 is 0.861 bits per heavy atom. The second kappa shape index (κ2) is 10.1. The van der Waals surface area contributed by atoms with Crippen LogP contribution in [0.25, 0.3) is 5.69 Å². The summed E-state index contributed by atoms with van der Waals surface area (Å²) in [6, 6.07) is 20.4. The van der Waals surface area contributed by atoms with Crippen LogP contribution in [0, 0.1) is 13.8 Å². The number of anilines is 2. The molecule has 184 valence electrons. The Morgan fingerprint density at radius 3 is 2.22 bits per heavy atom. The molecule has 36 heavy (non-hydrogen) atoms. The molecule has 0 radical (unpaired) electrons. The van der Waals surface area contributed by atoms with Crippen LogP contribution in [0.3, 0.4) is 0 Å². The number of alkyl halides is 3. The first-order valence-electron chi connectivity index (χ1n) is 11.1. The van der Waals surface area contributed by atoms with Gasteiger partial charge in [0.05, 0.1) is 23.4 Å². The first kappa shape index (κ1) is 24.7. The molecule has 6 nitrogen and oxygen atoms in total. The lowest BCUT2D eigenvalue weighted by atomic mass is 10.1. The molecule has 0 aliphatic heterocycles. The number of amides is 2. The van der Waals surface area contributed by atoms with Crippen molar-refractivity contribution in [3.63, 3.8) is 0 Å². The van der Waals surface area contributed by atoms with Gasteiger partial charge in [0.2, 0.25) is 5.91 Å². The van der Waals surface area contributed by atoms with Gasteiger partial charge in [-0.2, -0.15) is 18.3 Å². The van der Waals surface area contributed by atoms with Gasteiger partial charge in [-0.1, -0.05) is 30.3 Å². The number of carbonyl (C=O) groups is 2. The number of halogens is 3. The zero-order valence-corrected chi connectivity index (χ0v) is 19.6. The first-order valence-corrected chi connectivity index (χ1v) is 11.1. The summed E-state index contributed by atoms with van der Waals surface area (Å²) in [7, 11) is 0. The zero-order chi connectivity index (χ0) is 25.9. The number of hydrogen-bond acceptors (Lipinski definition) is 3. The summed E-state index contributed by atoms with van der Waals surface area (Å²) in [5, 5.41) is 9.95. The van der Waals surface area contributed by atoms with E-state index in [0.717, 1.165) is 12.1 Å². The minimum atomic E-state index is -4.47. The summed E-state index contributed by atoms with van der Waals surface area (Å²) in [6.07, 6.45) is -4.48. The van der Waals surface area contributed by atoms with Crippen LogP contribution in [-0.2, 0) is 17.4 Å². The Balaban J connectivity index is 1.47. The molecule has 1 aromatic heterocycles. The van der Waals surface area contributed by atoms with Crippen molar-refractivity contribution >= 4 is 23.2 Å². The molecular formula is C27H23F3N4O2. The predicted octanol–water partition coefficient (Wildman–Crippen LogP) is 5.94. The number of benzene rings is 3. The highest BCUT2D eigenvalue weighted by molar-refractivity contribution is 6.04. The van der Waals surface area contributed by atoms with E-state index >= 15 is 0 Å². The van der Waals surface area contributed by atoms with Gasteiger partial charge in [0.25, 0.3) is 5.91 Å². The van der Waals surface area contributed by atoms with Crippen molar-refractivity contribution in [2.75, 3.05) is 10.6 Å². The highest BCUT2D eigenvalue weighted by atomic mass is 19.4. The van der Waals surface area contributed by atoms with Gasteiger partial charge in [-0.15, -0.1) is 0 Å². The molecule has 3 aromatic carbocycles. The van der Waals surface area contributed by atoms with Crippen LogP contribution in [0.5, 0.6) is 0 Å². The van der Waals surface area contributed by atoms with Crippen molar-refractivity contribution in [2.24, 2.45) is 0 Å². The van der Waals surface area contributed by atoms with E-state index in [0.29, 0.717) is 33.9 Å². The fraction of sp³-hybridized carbons (Fsp3) is 0.148. The third-order valence-corrected chi connectivity index (χ3v) is 5.64. The van der Waals surface area contributed by atoms with Gasteiger partial charge in [0.15, 0.2) is 0 Å². The number of nitrogens with one attached hydrogen (secondary N) is 2. The van der Waals surface area contributed by atoms with Crippen molar-refractivity contribution in [3.8, 4) is 5.69 Å². The predicted molar refractivity (Wildman–Crippen MR) is 131 cm³/mol. The Kier molecular flexibility index (Phi) is 6.91. The molecule has 0 saturated heterocycles. The molecule has 1 heterocycles. The molecule has 2 amide bonds. The largest absolute Gasteiger partial charge is 0.416 e. The Hall–Kier alpha value is -4.40. The summed E-state index contributed by atoms with van der Waals surface area (Å²) < 4.78 is 40.8. The Morgan fingerprint density at radius 2 is 1.53 bits per heavy atom. The van der Waals surface area contributed by atoms with E-state index in [1.165, 1.54) is 16.8 Å². The highest BCUT2D eigenvalue weighted by Crippen LogP contribution is 2.31. The van der Waals surface area contributed by atoms with Crippen LogP contribution in [-0.4, -0.2) is 21.6 Å². The van der Waals surface area contributed by atoms with Crippen LogP contribution >= 0.6 is 0 Å². The van der Waals surface area contributed by atoms with E-state index in [4.69, 9.17) is 0 Å². The number of rotatable bonds is 6. The van der Waals surface area contributed by atoms with Gasteiger partial charge < -0.3 is 10.6 Å². The smallest absolute Gasteiger partial charge is 0.326 e. The van der Waals surface area contributed by atoms with E-state index < -0.39 is 11.7 Å². The lowest BCUT2D eigenvalue weighted by Gasteiger charge is -2.11. The monoisotopic (exact) mass is 492 g/mol. The normalized spacial score (nSPS) is 11.2. The molecule has 0 aliphatic carbocycles. The van der Waals surface area contributed by atoms with E-state index in [1.54, 1.807) is 62.4 Å². The third-order valence-electron chi connectivity index (χ3n) is 5.64. The SMILES string of the molecule is Cc1nn(-c2cccc(C(F)(F)F)c2)c(C)c1CC(=O)Nc1cccc(NC(=O)c2ccccc2)c1. The summed E-state index contributed by atoms with van der Waals surface area (Å²) in [5.41, 5.74) is 2.76. The summed E-state index contributed by atoms with van der Waals surface area (Å²) in [5.74, 6) is -0.594. The van der Waals surface area contributed by atoms with E-state index in [2.05, 4.69) is 15.7 Å². The Labute approximate surface area is 205 Å². The van der Waals surface area contributed by atoms with Crippen LogP contribution in [0.1, 0.15) is 32.9 Å². The van der Waals surface area contributed by atoms with Gasteiger partial charge in [-0.05, 0) is 62.4 Å². The maximum atomic E-state index is 13.1. The number of carbonyl (C=O) groups excluding carboxylic acids is 2. The zero-order valence-electron chi connectivity index (χ0n) is 19.6. The number of hydrogen-bond donors (Lipinski definition) is 2.